The lowest BCUT2D eigenvalue weighted by Crippen LogP contribution is -2.32. The maximum Gasteiger partial charge on any atom is 0.232 e. The Morgan fingerprint density at radius 2 is 1.83 bits per heavy atom. The zero-order valence-electron chi connectivity index (χ0n) is 13.0. The number of benzene rings is 2. The van der Waals surface area contributed by atoms with Crippen LogP contribution in [0.5, 0.6) is 0 Å². The van der Waals surface area contributed by atoms with Gasteiger partial charge in [-0.3, -0.25) is 4.79 Å². The first-order valence-electron chi connectivity index (χ1n) is 7.47. The van der Waals surface area contributed by atoms with Gasteiger partial charge >= 0.3 is 0 Å². The molecule has 1 amide bonds. The van der Waals surface area contributed by atoms with Crippen LogP contribution in [0.25, 0.3) is 0 Å². The summed E-state index contributed by atoms with van der Waals surface area (Å²) in [6, 6.07) is 18.0. The topological polar surface area (TPSA) is 29.1 Å². The van der Waals surface area contributed by atoms with Crippen molar-refractivity contribution in [2.45, 2.75) is 22.8 Å². The van der Waals surface area contributed by atoms with Gasteiger partial charge in [-0.05, 0) is 36.8 Å². The summed E-state index contributed by atoms with van der Waals surface area (Å²) in [5.41, 5.74) is 1.25. The minimum atomic E-state index is -0.0456. The smallest absolute Gasteiger partial charge is 0.232 e. The maximum absolute atomic E-state index is 12.1. The van der Waals surface area contributed by atoms with Gasteiger partial charge in [-0.25, -0.2) is 0 Å². The van der Waals surface area contributed by atoms with Crippen molar-refractivity contribution < 1.29 is 4.79 Å². The summed E-state index contributed by atoms with van der Waals surface area (Å²) < 4.78 is 0. The predicted molar refractivity (Wildman–Crippen MR) is 102 cm³/mol. The van der Waals surface area contributed by atoms with Crippen molar-refractivity contribution in [3.8, 4) is 0 Å². The Hall–Kier alpha value is -1.10. The van der Waals surface area contributed by atoms with E-state index >= 15 is 0 Å². The van der Waals surface area contributed by atoms with Gasteiger partial charge < -0.3 is 5.32 Å². The second kappa shape index (κ2) is 9.91. The first-order chi connectivity index (χ1) is 11.1. The van der Waals surface area contributed by atoms with E-state index in [1.54, 1.807) is 23.5 Å². The maximum atomic E-state index is 12.1. The number of nitrogens with one attached hydrogen (secondary N) is 1. The first-order valence-corrected chi connectivity index (χ1v) is 9.88. The minimum absolute atomic E-state index is 0.0456. The molecule has 0 aliphatic carbocycles. The highest BCUT2D eigenvalue weighted by Crippen LogP contribution is 2.20. The van der Waals surface area contributed by atoms with Crippen LogP contribution in [0.15, 0.2) is 59.5 Å². The summed E-state index contributed by atoms with van der Waals surface area (Å²) in [6.07, 6.45) is 0. The molecule has 0 radical (unpaired) electrons. The van der Waals surface area contributed by atoms with Crippen LogP contribution in [0.3, 0.4) is 0 Å². The number of carbonyl (C=O) groups is 1. The molecule has 0 bridgehead atoms. The molecule has 0 aliphatic rings. The lowest BCUT2D eigenvalue weighted by Gasteiger charge is -2.12. The summed E-state index contributed by atoms with van der Waals surface area (Å²) in [5.74, 6) is 1.81. The molecule has 0 aliphatic heterocycles. The molecule has 2 rings (SSSR count). The summed E-state index contributed by atoms with van der Waals surface area (Å²) in [5, 5.41) is 3.69. The zero-order chi connectivity index (χ0) is 16.5. The minimum Gasteiger partial charge on any atom is -0.354 e. The quantitative estimate of drug-likeness (QED) is 0.534. The van der Waals surface area contributed by atoms with Crippen molar-refractivity contribution in [1.82, 2.24) is 5.32 Å². The summed E-state index contributed by atoms with van der Waals surface area (Å²) >= 11 is 9.23. The molecule has 2 aromatic carbocycles. The molecule has 1 atom stereocenters. The van der Waals surface area contributed by atoms with Gasteiger partial charge in [0, 0.05) is 28.0 Å². The number of thioether (sulfide) groups is 2. The highest BCUT2D eigenvalue weighted by molar-refractivity contribution is 7.99. The average Bonchev–Trinajstić information content (AvgIpc) is 2.59. The van der Waals surface area contributed by atoms with Gasteiger partial charge in [-0.2, -0.15) is 0 Å². The van der Waals surface area contributed by atoms with E-state index in [0.29, 0.717) is 6.54 Å². The van der Waals surface area contributed by atoms with Crippen molar-refractivity contribution in [1.29, 1.82) is 0 Å². The summed E-state index contributed by atoms with van der Waals surface area (Å²) in [4.78, 5) is 13.2. The van der Waals surface area contributed by atoms with Gasteiger partial charge in [0.2, 0.25) is 5.91 Å². The molecule has 2 nitrogen and oxygen atoms in total. The highest BCUT2D eigenvalue weighted by Gasteiger charge is 2.12. The van der Waals surface area contributed by atoms with Gasteiger partial charge in [-0.15, -0.1) is 23.5 Å². The van der Waals surface area contributed by atoms with Gasteiger partial charge in [0.25, 0.3) is 0 Å². The molecule has 1 N–H and O–H groups in total. The van der Waals surface area contributed by atoms with E-state index in [-0.39, 0.29) is 11.2 Å². The lowest BCUT2D eigenvalue weighted by atomic mass is 10.2. The van der Waals surface area contributed by atoms with Crippen molar-refractivity contribution in [2.75, 3.05) is 12.3 Å². The molecule has 0 saturated carbocycles. The number of hydrogen-bond donors (Lipinski definition) is 1. The van der Waals surface area contributed by atoms with Gasteiger partial charge in [0.1, 0.15) is 0 Å². The zero-order valence-corrected chi connectivity index (χ0v) is 15.4. The van der Waals surface area contributed by atoms with Crippen LogP contribution in [0, 0.1) is 0 Å². The molecule has 5 heteroatoms. The molecule has 0 aromatic heterocycles. The number of rotatable bonds is 8. The Morgan fingerprint density at radius 3 is 2.52 bits per heavy atom. The summed E-state index contributed by atoms with van der Waals surface area (Å²) in [6.45, 7) is 2.62. The van der Waals surface area contributed by atoms with E-state index in [2.05, 4.69) is 17.4 Å². The Balaban J connectivity index is 1.63. The molecule has 23 heavy (non-hydrogen) atoms. The standard InChI is InChI=1S/C18H20ClNOS2/c1-14(23-13-15-5-3-2-4-6-15)18(21)20-11-12-22-17-9-7-16(19)8-10-17/h2-10,14H,11-13H2,1H3,(H,20,21)/t14-/m0/s1. The van der Waals surface area contributed by atoms with E-state index in [4.69, 9.17) is 11.6 Å². The van der Waals surface area contributed by atoms with Crippen LogP contribution in [-0.4, -0.2) is 23.5 Å². The third-order valence-electron chi connectivity index (χ3n) is 3.20. The van der Waals surface area contributed by atoms with Gasteiger partial charge in [0.15, 0.2) is 0 Å². The molecule has 122 valence electrons. The van der Waals surface area contributed by atoms with Crippen LogP contribution in [0.1, 0.15) is 12.5 Å². The summed E-state index contributed by atoms with van der Waals surface area (Å²) in [7, 11) is 0. The van der Waals surface area contributed by atoms with Crippen molar-refractivity contribution in [3.05, 3.63) is 65.2 Å². The van der Waals surface area contributed by atoms with Gasteiger partial charge in [-0.1, -0.05) is 41.9 Å². The fourth-order valence-corrected chi connectivity index (χ4v) is 3.65. The Bertz CT molecular complexity index is 604. The fraction of sp³-hybridized carbons (Fsp3) is 0.278. The molecular weight excluding hydrogens is 346 g/mol. The van der Waals surface area contributed by atoms with Gasteiger partial charge in [0.05, 0.1) is 5.25 Å². The Labute approximate surface area is 151 Å². The second-order valence-corrected chi connectivity index (χ2v) is 7.97. The monoisotopic (exact) mass is 365 g/mol. The number of halogens is 1. The fourth-order valence-electron chi connectivity index (χ4n) is 1.89. The number of amides is 1. The SMILES string of the molecule is C[C@H](SCc1ccccc1)C(=O)NCCSc1ccc(Cl)cc1. The average molecular weight is 366 g/mol. The third-order valence-corrected chi connectivity index (χ3v) is 5.68. The molecule has 0 spiro atoms. The number of carbonyl (C=O) groups excluding carboxylic acids is 1. The van der Waals surface area contributed by atoms with Crippen molar-refractivity contribution >= 4 is 41.0 Å². The van der Waals surface area contributed by atoms with E-state index in [0.717, 1.165) is 21.4 Å². The van der Waals surface area contributed by atoms with Crippen LogP contribution < -0.4 is 5.32 Å². The van der Waals surface area contributed by atoms with E-state index in [1.165, 1.54) is 5.56 Å². The van der Waals surface area contributed by atoms with Crippen LogP contribution in [-0.2, 0) is 10.5 Å². The van der Waals surface area contributed by atoms with Crippen LogP contribution >= 0.6 is 35.1 Å². The van der Waals surface area contributed by atoms with Crippen LogP contribution in [0.2, 0.25) is 5.02 Å². The molecule has 0 fully saturated rings. The van der Waals surface area contributed by atoms with Crippen molar-refractivity contribution in [3.63, 3.8) is 0 Å². The largest absolute Gasteiger partial charge is 0.354 e. The molecule has 0 heterocycles. The first kappa shape index (κ1) is 18.2. The highest BCUT2D eigenvalue weighted by atomic mass is 35.5. The molecule has 2 aromatic rings. The number of hydrogen-bond acceptors (Lipinski definition) is 3. The third kappa shape index (κ3) is 6.90. The van der Waals surface area contributed by atoms with E-state index < -0.39 is 0 Å². The molecular formula is C18H20ClNOS2. The lowest BCUT2D eigenvalue weighted by molar-refractivity contribution is -0.120. The van der Waals surface area contributed by atoms with Crippen molar-refractivity contribution in [2.24, 2.45) is 0 Å². The predicted octanol–water partition coefficient (Wildman–Crippen LogP) is 4.87. The normalized spacial score (nSPS) is 11.9. The second-order valence-electron chi connectivity index (χ2n) is 5.03. The van der Waals surface area contributed by atoms with E-state index in [1.807, 2.05) is 49.4 Å². The Morgan fingerprint density at radius 1 is 1.13 bits per heavy atom. The molecule has 0 saturated heterocycles. The van der Waals surface area contributed by atoms with Crippen LogP contribution in [0.4, 0.5) is 0 Å². The van der Waals surface area contributed by atoms with E-state index in [9.17, 15) is 4.79 Å². The molecule has 0 unspecified atom stereocenters. The Kier molecular flexibility index (Phi) is 7.86.